The summed E-state index contributed by atoms with van der Waals surface area (Å²) < 4.78 is 24.0. The SMILES string of the molecule is CCNC(=NCC(O)c1cc(OC)ccc1OC)N(C)Cc1cccc(F)c1.I. The average molecular weight is 517 g/mol. The van der Waals surface area contributed by atoms with E-state index in [1.165, 1.54) is 12.1 Å². The lowest BCUT2D eigenvalue weighted by atomic mass is 10.1. The van der Waals surface area contributed by atoms with Crippen LogP contribution in [-0.4, -0.2) is 50.3 Å². The molecule has 2 aromatic carbocycles. The summed E-state index contributed by atoms with van der Waals surface area (Å²) in [5.74, 6) is 1.55. The fourth-order valence-corrected chi connectivity index (χ4v) is 2.82. The molecule has 0 saturated carbocycles. The Morgan fingerprint density at radius 3 is 2.59 bits per heavy atom. The highest BCUT2D eigenvalue weighted by Crippen LogP contribution is 2.29. The molecule has 160 valence electrons. The van der Waals surface area contributed by atoms with Crippen molar-refractivity contribution in [1.82, 2.24) is 10.2 Å². The van der Waals surface area contributed by atoms with Crippen molar-refractivity contribution >= 4 is 29.9 Å². The molecule has 0 saturated heterocycles. The van der Waals surface area contributed by atoms with Gasteiger partial charge >= 0.3 is 0 Å². The summed E-state index contributed by atoms with van der Waals surface area (Å²) in [5, 5.41) is 13.8. The molecule has 0 amide bonds. The van der Waals surface area contributed by atoms with Gasteiger partial charge in [-0.25, -0.2) is 4.39 Å². The number of nitrogens with zero attached hydrogens (tertiary/aromatic N) is 2. The Balaban J connectivity index is 0.00000420. The van der Waals surface area contributed by atoms with E-state index in [1.54, 1.807) is 38.5 Å². The van der Waals surface area contributed by atoms with Crippen LogP contribution in [0.1, 0.15) is 24.2 Å². The number of hydrogen-bond acceptors (Lipinski definition) is 4. The number of rotatable bonds is 8. The molecule has 2 aromatic rings. The molecule has 0 fully saturated rings. The zero-order chi connectivity index (χ0) is 20.5. The molecule has 1 atom stereocenters. The lowest BCUT2D eigenvalue weighted by Gasteiger charge is -2.23. The summed E-state index contributed by atoms with van der Waals surface area (Å²) in [6.45, 7) is 3.26. The van der Waals surface area contributed by atoms with Crippen LogP contribution in [0.15, 0.2) is 47.5 Å². The van der Waals surface area contributed by atoms with Gasteiger partial charge in [-0.15, -0.1) is 24.0 Å². The molecule has 0 aliphatic heterocycles. The maximum absolute atomic E-state index is 13.4. The van der Waals surface area contributed by atoms with Crippen molar-refractivity contribution in [2.75, 3.05) is 34.4 Å². The summed E-state index contributed by atoms with van der Waals surface area (Å²) in [7, 11) is 4.99. The lowest BCUT2D eigenvalue weighted by molar-refractivity contribution is 0.181. The molecule has 0 bridgehead atoms. The zero-order valence-corrected chi connectivity index (χ0v) is 19.5. The Bertz CT molecular complexity index is 804. The van der Waals surface area contributed by atoms with Crippen LogP contribution in [0.2, 0.25) is 0 Å². The lowest BCUT2D eigenvalue weighted by Crippen LogP contribution is -2.38. The summed E-state index contributed by atoms with van der Waals surface area (Å²) in [4.78, 5) is 6.41. The summed E-state index contributed by atoms with van der Waals surface area (Å²) >= 11 is 0. The molecular weight excluding hydrogens is 488 g/mol. The van der Waals surface area contributed by atoms with Gasteiger partial charge in [0.15, 0.2) is 5.96 Å². The van der Waals surface area contributed by atoms with Crippen LogP contribution in [0.4, 0.5) is 4.39 Å². The first-order valence-electron chi connectivity index (χ1n) is 9.12. The number of hydrogen-bond donors (Lipinski definition) is 2. The van der Waals surface area contributed by atoms with Gasteiger partial charge in [0, 0.05) is 25.7 Å². The molecule has 1 unspecified atom stereocenters. The number of aliphatic hydroxyl groups excluding tert-OH is 1. The molecule has 0 radical (unpaired) electrons. The zero-order valence-electron chi connectivity index (χ0n) is 17.2. The molecule has 0 heterocycles. The number of benzene rings is 2. The minimum absolute atomic E-state index is 0. The monoisotopic (exact) mass is 517 g/mol. The van der Waals surface area contributed by atoms with Gasteiger partial charge in [-0.05, 0) is 42.8 Å². The smallest absolute Gasteiger partial charge is 0.194 e. The molecule has 8 heteroatoms. The first kappa shape index (κ1) is 25.0. The van der Waals surface area contributed by atoms with Crippen molar-refractivity contribution in [3.05, 3.63) is 59.4 Å². The highest BCUT2D eigenvalue weighted by molar-refractivity contribution is 14.0. The molecular formula is C21H29FIN3O3. The van der Waals surface area contributed by atoms with Gasteiger partial charge in [0.2, 0.25) is 0 Å². The normalized spacial score (nSPS) is 12.0. The number of aliphatic hydroxyl groups is 1. The molecule has 2 N–H and O–H groups in total. The van der Waals surface area contributed by atoms with E-state index >= 15 is 0 Å². The summed E-state index contributed by atoms with van der Waals surface area (Å²) in [6, 6.07) is 11.7. The van der Waals surface area contributed by atoms with Crippen LogP contribution in [0.25, 0.3) is 0 Å². The highest BCUT2D eigenvalue weighted by Gasteiger charge is 2.15. The third kappa shape index (κ3) is 7.36. The van der Waals surface area contributed by atoms with E-state index in [2.05, 4.69) is 10.3 Å². The summed E-state index contributed by atoms with van der Waals surface area (Å²) in [5.41, 5.74) is 1.44. The quantitative estimate of drug-likeness (QED) is 0.319. The van der Waals surface area contributed by atoms with E-state index in [1.807, 2.05) is 24.9 Å². The standard InChI is InChI=1S/C21H28FN3O3.HI/c1-5-23-21(25(2)14-15-7-6-8-16(22)11-15)24-13-19(26)18-12-17(27-3)9-10-20(18)28-4;/h6-12,19,26H,5,13-14H2,1-4H3,(H,23,24);1H. The van der Waals surface area contributed by atoms with E-state index < -0.39 is 6.10 Å². The number of halogens is 2. The van der Waals surface area contributed by atoms with Crippen molar-refractivity contribution < 1.29 is 19.0 Å². The van der Waals surface area contributed by atoms with Crippen LogP contribution in [0.5, 0.6) is 11.5 Å². The highest BCUT2D eigenvalue weighted by atomic mass is 127. The van der Waals surface area contributed by atoms with Gasteiger partial charge in [0.05, 0.1) is 20.8 Å². The second-order valence-electron chi connectivity index (χ2n) is 6.30. The number of guanidine groups is 1. The predicted molar refractivity (Wildman–Crippen MR) is 124 cm³/mol. The number of methoxy groups -OCH3 is 2. The average Bonchev–Trinajstić information content (AvgIpc) is 2.70. The Morgan fingerprint density at radius 1 is 1.21 bits per heavy atom. The second-order valence-corrected chi connectivity index (χ2v) is 6.30. The van der Waals surface area contributed by atoms with Gasteiger partial charge in [0.25, 0.3) is 0 Å². The molecule has 2 rings (SSSR count). The molecule has 0 aliphatic rings. The molecule has 0 aromatic heterocycles. The van der Waals surface area contributed by atoms with Gasteiger partial charge in [0.1, 0.15) is 23.4 Å². The molecule has 6 nitrogen and oxygen atoms in total. The molecule has 0 aliphatic carbocycles. The molecule has 29 heavy (non-hydrogen) atoms. The maximum Gasteiger partial charge on any atom is 0.194 e. The minimum Gasteiger partial charge on any atom is -0.497 e. The van der Waals surface area contributed by atoms with Crippen molar-refractivity contribution in [1.29, 1.82) is 0 Å². The maximum atomic E-state index is 13.4. The van der Waals surface area contributed by atoms with Crippen molar-refractivity contribution in [3.63, 3.8) is 0 Å². The Labute approximate surface area is 188 Å². The predicted octanol–water partition coefficient (Wildman–Crippen LogP) is 3.59. The van der Waals surface area contributed by atoms with Crippen LogP contribution in [0.3, 0.4) is 0 Å². The third-order valence-corrected chi connectivity index (χ3v) is 4.22. The van der Waals surface area contributed by atoms with E-state index in [0.29, 0.717) is 36.1 Å². The second kappa shape index (κ2) is 12.5. The minimum atomic E-state index is -0.860. The Hall–Kier alpha value is -2.07. The fraction of sp³-hybridized carbons (Fsp3) is 0.381. The Morgan fingerprint density at radius 2 is 1.97 bits per heavy atom. The molecule has 0 spiro atoms. The van der Waals surface area contributed by atoms with Crippen molar-refractivity contribution in [2.24, 2.45) is 4.99 Å². The van der Waals surface area contributed by atoms with Crippen LogP contribution in [-0.2, 0) is 6.54 Å². The third-order valence-electron chi connectivity index (χ3n) is 4.22. The first-order chi connectivity index (χ1) is 13.5. The number of aliphatic imine (C=N–C) groups is 1. The van der Waals surface area contributed by atoms with Crippen molar-refractivity contribution in [2.45, 2.75) is 19.6 Å². The van der Waals surface area contributed by atoms with Crippen molar-refractivity contribution in [3.8, 4) is 11.5 Å². The van der Waals surface area contributed by atoms with Gasteiger partial charge < -0.3 is 24.8 Å². The van der Waals surface area contributed by atoms with Crippen LogP contribution < -0.4 is 14.8 Å². The largest absolute Gasteiger partial charge is 0.497 e. The van der Waals surface area contributed by atoms with E-state index in [9.17, 15) is 9.50 Å². The van der Waals surface area contributed by atoms with E-state index in [4.69, 9.17) is 9.47 Å². The van der Waals surface area contributed by atoms with Crippen LogP contribution >= 0.6 is 24.0 Å². The first-order valence-corrected chi connectivity index (χ1v) is 9.12. The topological polar surface area (TPSA) is 66.3 Å². The van der Waals surface area contributed by atoms with Gasteiger partial charge in [-0.2, -0.15) is 0 Å². The van der Waals surface area contributed by atoms with Gasteiger partial charge in [-0.1, -0.05) is 12.1 Å². The number of ether oxygens (including phenoxy) is 2. The van der Waals surface area contributed by atoms with Crippen LogP contribution in [0, 0.1) is 5.82 Å². The van der Waals surface area contributed by atoms with Gasteiger partial charge in [-0.3, -0.25) is 4.99 Å². The summed E-state index contributed by atoms with van der Waals surface area (Å²) in [6.07, 6.45) is -0.860. The number of nitrogens with one attached hydrogen (secondary N) is 1. The fourth-order valence-electron chi connectivity index (χ4n) is 2.82. The van der Waals surface area contributed by atoms with E-state index in [-0.39, 0.29) is 36.3 Å². The van der Waals surface area contributed by atoms with E-state index in [0.717, 1.165) is 5.56 Å². The Kier molecular flexibility index (Phi) is 10.7.